The van der Waals surface area contributed by atoms with Crippen molar-refractivity contribution in [2.45, 2.75) is 32.9 Å². The van der Waals surface area contributed by atoms with Crippen LogP contribution in [0.25, 0.3) is 0 Å². The Balaban J connectivity index is 2.68. The lowest BCUT2D eigenvalue weighted by molar-refractivity contribution is 0.0548. The smallest absolute Gasteiger partial charge is 0.355 e. The third-order valence-electron chi connectivity index (χ3n) is 2.89. The third-order valence-corrected chi connectivity index (χ3v) is 4.47. The fourth-order valence-electron chi connectivity index (χ4n) is 1.55. The molecule has 0 amide bonds. The minimum Gasteiger partial charge on any atom is -0.364 e. The summed E-state index contributed by atoms with van der Waals surface area (Å²) in [6.07, 6.45) is 1.92. The van der Waals surface area contributed by atoms with E-state index >= 15 is 0 Å². The molecule has 1 aromatic heterocycles. The largest absolute Gasteiger partial charge is 0.364 e. The van der Waals surface area contributed by atoms with Crippen LogP contribution < -0.4 is 5.69 Å². The number of hydrogen-bond acceptors (Lipinski definition) is 6. The second-order valence-electron chi connectivity index (χ2n) is 4.31. The van der Waals surface area contributed by atoms with E-state index in [1.165, 1.54) is 18.8 Å². The predicted octanol–water partition coefficient (Wildman–Crippen LogP) is 1.79. The standard InChI is InChI=1S/C12H21N2O5P/c1-5-11(19-9-20(16,17-3)18-4)8-14-7-6-10(2)13-12(14)15/h6-7,11H,5,8-9H2,1-4H3/t11-/m1/s1. The van der Waals surface area contributed by atoms with E-state index in [2.05, 4.69) is 4.98 Å². The minimum atomic E-state index is -3.20. The molecule has 0 saturated carbocycles. The Labute approximate surface area is 118 Å². The van der Waals surface area contributed by atoms with E-state index in [1.54, 1.807) is 19.2 Å². The summed E-state index contributed by atoms with van der Waals surface area (Å²) in [7, 11) is -0.581. The van der Waals surface area contributed by atoms with Crippen LogP contribution in [0, 0.1) is 6.92 Å². The lowest BCUT2D eigenvalue weighted by atomic mass is 10.3. The van der Waals surface area contributed by atoms with Gasteiger partial charge in [0.1, 0.15) is 6.35 Å². The van der Waals surface area contributed by atoms with Gasteiger partial charge in [-0.15, -0.1) is 0 Å². The van der Waals surface area contributed by atoms with Crippen LogP contribution in [0.2, 0.25) is 0 Å². The molecule has 0 aliphatic carbocycles. The zero-order valence-electron chi connectivity index (χ0n) is 12.2. The van der Waals surface area contributed by atoms with Crippen LogP contribution in [0.15, 0.2) is 17.1 Å². The number of ether oxygens (including phenoxy) is 1. The van der Waals surface area contributed by atoms with Crippen LogP contribution in [0.1, 0.15) is 19.0 Å². The molecule has 1 heterocycles. The molecule has 1 rings (SSSR count). The minimum absolute atomic E-state index is 0.146. The number of nitrogens with zero attached hydrogens (tertiary/aromatic N) is 2. The fourth-order valence-corrected chi connectivity index (χ4v) is 2.30. The molecule has 0 saturated heterocycles. The summed E-state index contributed by atoms with van der Waals surface area (Å²) in [5, 5.41) is 0. The van der Waals surface area contributed by atoms with Crippen LogP contribution in [0.5, 0.6) is 0 Å². The highest BCUT2D eigenvalue weighted by atomic mass is 31.2. The van der Waals surface area contributed by atoms with Crippen molar-refractivity contribution in [1.82, 2.24) is 9.55 Å². The van der Waals surface area contributed by atoms with Gasteiger partial charge in [0.15, 0.2) is 0 Å². The van der Waals surface area contributed by atoms with E-state index < -0.39 is 7.60 Å². The molecule has 0 unspecified atom stereocenters. The number of hydrogen-bond donors (Lipinski definition) is 0. The van der Waals surface area contributed by atoms with Crippen molar-refractivity contribution in [2.75, 3.05) is 20.6 Å². The Morgan fingerprint density at radius 1 is 1.40 bits per heavy atom. The Morgan fingerprint density at radius 2 is 2.05 bits per heavy atom. The first-order valence-corrected chi connectivity index (χ1v) is 8.03. The van der Waals surface area contributed by atoms with E-state index in [4.69, 9.17) is 13.8 Å². The van der Waals surface area contributed by atoms with Crippen molar-refractivity contribution in [3.63, 3.8) is 0 Å². The summed E-state index contributed by atoms with van der Waals surface area (Å²) in [5.41, 5.74) is 0.345. The number of rotatable bonds is 8. The van der Waals surface area contributed by atoms with E-state index in [9.17, 15) is 9.36 Å². The normalized spacial score (nSPS) is 13.4. The molecule has 0 spiro atoms. The van der Waals surface area contributed by atoms with Gasteiger partial charge in [-0.1, -0.05) is 6.92 Å². The Hall–Kier alpha value is -1.01. The highest BCUT2D eigenvalue weighted by Crippen LogP contribution is 2.46. The fraction of sp³-hybridized carbons (Fsp3) is 0.667. The predicted molar refractivity (Wildman–Crippen MR) is 74.9 cm³/mol. The molecule has 20 heavy (non-hydrogen) atoms. The van der Waals surface area contributed by atoms with Crippen LogP contribution in [-0.2, 0) is 24.9 Å². The number of aryl methyl sites for hydroxylation is 1. The zero-order chi connectivity index (χ0) is 15.2. The molecule has 0 N–H and O–H groups in total. The van der Waals surface area contributed by atoms with E-state index in [0.717, 1.165) is 0 Å². The second kappa shape index (κ2) is 7.69. The van der Waals surface area contributed by atoms with Crippen molar-refractivity contribution in [3.05, 3.63) is 28.4 Å². The van der Waals surface area contributed by atoms with Gasteiger partial charge < -0.3 is 13.8 Å². The van der Waals surface area contributed by atoms with E-state index in [0.29, 0.717) is 18.7 Å². The van der Waals surface area contributed by atoms with Gasteiger partial charge in [0.25, 0.3) is 0 Å². The lowest BCUT2D eigenvalue weighted by Crippen LogP contribution is -2.29. The third kappa shape index (κ3) is 4.83. The molecule has 1 atom stereocenters. The van der Waals surface area contributed by atoms with Gasteiger partial charge in [-0.25, -0.2) is 4.79 Å². The highest BCUT2D eigenvalue weighted by molar-refractivity contribution is 7.53. The van der Waals surface area contributed by atoms with Crippen molar-refractivity contribution in [2.24, 2.45) is 0 Å². The van der Waals surface area contributed by atoms with Crippen molar-refractivity contribution in [3.8, 4) is 0 Å². The van der Waals surface area contributed by atoms with E-state index in [1.807, 2.05) is 6.92 Å². The van der Waals surface area contributed by atoms with E-state index in [-0.39, 0.29) is 18.1 Å². The molecule has 8 heteroatoms. The van der Waals surface area contributed by atoms with Gasteiger partial charge in [0.05, 0.1) is 12.6 Å². The molecule has 7 nitrogen and oxygen atoms in total. The Bertz CT molecular complexity index is 523. The van der Waals surface area contributed by atoms with Crippen LogP contribution in [0.3, 0.4) is 0 Å². The topological polar surface area (TPSA) is 79.7 Å². The summed E-state index contributed by atoms with van der Waals surface area (Å²) in [6.45, 7) is 4.02. The molecular formula is C12H21N2O5P. The van der Waals surface area contributed by atoms with Crippen LogP contribution in [0.4, 0.5) is 0 Å². The average Bonchev–Trinajstić information content (AvgIpc) is 2.45. The summed E-state index contributed by atoms with van der Waals surface area (Å²) in [4.78, 5) is 15.5. The maximum atomic E-state index is 11.9. The maximum absolute atomic E-state index is 11.9. The van der Waals surface area contributed by atoms with Gasteiger partial charge >= 0.3 is 13.3 Å². The lowest BCUT2D eigenvalue weighted by Gasteiger charge is -2.20. The van der Waals surface area contributed by atoms with Crippen molar-refractivity contribution < 1.29 is 18.3 Å². The molecule has 114 valence electrons. The van der Waals surface area contributed by atoms with Gasteiger partial charge in [-0.2, -0.15) is 4.98 Å². The molecule has 0 fully saturated rings. The van der Waals surface area contributed by atoms with Crippen molar-refractivity contribution >= 4 is 7.60 Å². The molecule has 1 aromatic rings. The van der Waals surface area contributed by atoms with Gasteiger partial charge in [-0.3, -0.25) is 9.13 Å². The van der Waals surface area contributed by atoms with Gasteiger partial charge in [0.2, 0.25) is 0 Å². The molecule has 0 aliphatic heterocycles. The SMILES string of the molecule is CC[C@H](Cn1ccc(C)nc1=O)OCP(=O)(OC)OC. The van der Waals surface area contributed by atoms with Crippen LogP contribution >= 0.6 is 7.60 Å². The molecule has 0 radical (unpaired) electrons. The van der Waals surface area contributed by atoms with Gasteiger partial charge in [0, 0.05) is 26.1 Å². The number of aromatic nitrogens is 2. The summed E-state index contributed by atoms with van der Waals surface area (Å²) in [6, 6.07) is 1.75. The summed E-state index contributed by atoms with van der Waals surface area (Å²) < 4.78 is 28.5. The van der Waals surface area contributed by atoms with Crippen molar-refractivity contribution in [1.29, 1.82) is 0 Å². The van der Waals surface area contributed by atoms with Crippen LogP contribution in [-0.4, -0.2) is 36.2 Å². The Morgan fingerprint density at radius 3 is 2.55 bits per heavy atom. The first kappa shape index (κ1) is 17.0. The monoisotopic (exact) mass is 304 g/mol. The molecule has 0 aliphatic rings. The quantitative estimate of drug-likeness (QED) is 0.681. The first-order chi connectivity index (χ1) is 9.44. The highest BCUT2D eigenvalue weighted by Gasteiger charge is 2.23. The second-order valence-corrected chi connectivity index (χ2v) is 6.52. The molecular weight excluding hydrogens is 283 g/mol. The maximum Gasteiger partial charge on any atom is 0.355 e. The summed E-state index contributed by atoms with van der Waals surface area (Å²) in [5.74, 6) is 0. The molecule has 0 aromatic carbocycles. The molecule has 0 bridgehead atoms. The first-order valence-electron chi connectivity index (χ1n) is 6.30. The zero-order valence-corrected chi connectivity index (χ0v) is 13.1. The average molecular weight is 304 g/mol. The Kier molecular flexibility index (Phi) is 6.55. The summed E-state index contributed by atoms with van der Waals surface area (Å²) >= 11 is 0. The van der Waals surface area contributed by atoms with Gasteiger partial charge in [-0.05, 0) is 19.4 Å².